The molecule has 1 aromatic carbocycles. The summed E-state index contributed by atoms with van der Waals surface area (Å²) in [6.07, 6.45) is 3.85. The van der Waals surface area contributed by atoms with Crippen molar-refractivity contribution in [2.75, 3.05) is 5.73 Å². The molecule has 0 unspecified atom stereocenters. The molecule has 3 nitrogen and oxygen atoms in total. The van der Waals surface area contributed by atoms with E-state index in [0.717, 1.165) is 36.9 Å². The van der Waals surface area contributed by atoms with Gasteiger partial charge in [0.2, 0.25) is 0 Å². The molecule has 0 atom stereocenters. The van der Waals surface area contributed by atoms with Crippen LogP contribution in [-0.2, 0) is 19.3 Å². The standard InChI is InChI=1S/C16H18N2O/c1-10-4-2-5-11(8-10)9-13-12-6-3-7-14(12)18-16(19)15(13)17/h2,4-5,8H,3,6-7,9,17H2,1H3,(H,18,19). The summed E-state index contributed by atoms with van der Waals surface area (Å²) in [5.74, 6) is 0. The zero-order chi connectivity index (χ0) is 13.4. The Morgan fingerprint density at radius 2 is 2.16 bits per heavy atom. The van der Waals surface area contributed by atoms with E-state index in [-0.39, 0.29) is 5.56 Å². The molecule has 0 fully saturated rings. The van der Waals surface area contributed by atoms with Crippen LogP contribution in [0.3, 0.4) is 0 Å². The van der Waals surface area contributed by atoms with E-state index in [2.05, 4.69) is 30.1 Å². The molecular weight excluding hydrogens is 236 g/mol. The van der Waals surface area contributed by atoms with Gasteiger partial charge in [-0.25, -0.2) is 0 Å². The summed E-state index contributed by atoms with van der Waals surface area (Å²) in [6.45, 7) is 2.08. The average molecular weight is 254 g/mol. The van der Waals surface area contributed by atoms with Gasteiger partial charge >= 0.3 is 0 Å². The Labute approximate surface area is 112 Å². The van der Waals surface area contributed by atoms with Crippen LogP contribution in [0.1, 0.15) is 34.4 Å². The fourth-order valence-corrected chi connectivity index (χ4v) is 2.95. The third kappa shape index (κ3) is 2.16. The molecule has 0 saturated heterocycles. The predicted molar refractivity (Wildman–Crippen MR) is 77.5 cm³/mol. The van der Waals surface area contributed by atoms with Gasteiger partial charge in [-0.2, -0.15) is 0 Å². The summed E-state index contributed by atoms with van der Waals surface area (Å²) < 4.78 is 0. The van der Waals surface area contributed by atoms with Gasteiger partial charge in [-0.05, 0) is 42.9 Å². The van der Waals surface area contributed by atoms with Gasteiger partial charge in [0, 0.05) is 12.1 Å². The van der Waals surface area contributed by atoms with E-state index < -0.39 is 0 Å². The van der Waals surface area contributed by atoms with Crippen molar-refractivity contribution in [2.45, 2.75) is 32.6 Å². The summed E-state index contributed by atoms with van der Waals surface area (Å²) in [5.41, 5.74) is 12.1. The predicted octanol–water partition coefficient (Wildman–Crippen LogP) is 2.35. The SMILES string of the molecule is Cc1cccc(Cc2c3c([nH]c(=O)c2N)CCC3)c1. The van der Waals surface area contributed by atoms with Crippen LogP contribution >= 0.6 is 0 Å². The summed E-state index contributed by atoms with van der Waals surface area (Å²) in [7, 11) is 0. The minimum atomic E-state index is -0.136. The molecular formula is C16H18N2O. The number of hydrogen-bond acceptors (Lipinski definition) is 2. The van der Waals surface area contributed by atoms with Gasteiger partial charge in [0.15, 0.2) is 0 Å². The van der Waals surface area contributed by atoms with Gasteiger partial charge in [0.1, 0.15) is 5.69 Å². The van der Waals surface area contributed by atoms with Crippen LogP contribution < -0.4 is 11.3 Å². The topological polar surface area (TPSA) is 58.9 Å². The highest BCUT2D eigenvalue weighted by atomic mass is 16.1. The molecule has 0 spiro atoms. The number of aryl methyl sites for hydroxylation is 2. The number of hydrogen-bond donors (Lipinski definition) is 2. The van der Waals surface area contributed by atoms with Gasteiger partial charge in [0.05, 0.1) is 0 Å². The third-order valence-electron chi connectivity index (χ3n) is 3.88. The molecule has 19 heavy (non-hydrogen) atoms. The molecule has 3 N–H and O–H groups in total. The second kappa shape index (κ2) is 4.57. The normalized spacial score (nSPS) is 13.5. The Morgan fingerprint density at radius 1 is 1.32 bits per heavy atom. The lowest BCUT2D eigenvalue weighted by molar-refractivity contribution is 0.895. The maximum atomic E-state index is 11.9. The van der Waals surface area contributed by atoms with Gasteiger partial charge in [-0.15, -0.1) is 0 Å². The van der Waals surface area contributed by atoms with E-state index in [1.165, 1.54) is 16.7 Å². The molecule has 0 bridgehead atoms. The maximum Gasteiger partial charge on any atom is 0.271 e. The number of fused-ring (bicyclic) bond motifs is 1. The van der Waals surface area contributed by atoms with E-state index in [4.69, 9.17) is 5.73 Å². The summed E-state index contributed by atoms with van der Waals surface area (Å²) in [6, 6.07) is 8.38. The Kier molecular flexibility index (Phi) is 2.90. The average Bonchev–Trinajstić information content (AvgIpc) is 2.83. The quantitative estimate of drug-likeness (QED) is 0.864. The van der Waals surface area contributed by atoms with Crippen LogP contribution in [0.15, 0.2) is 29.1 Å². The number of pyridine rings is 1. The lowest BCUT2D eigenvalue weighted by atomic mass is 9.97. The molecule has 98 valence electrons. The van der Waals surface area contributed by atoms with E-state index in [1.54, 1.807) is 0 Å². The van der Waals surface area contributed by atoms with E-state index in [0.29, 0.717) is 5.69 Å². The van der Waals surface area contributed by atoms with Crippen molar-refractivity contribution in [3.63, 3.8) is 0 Å². The number of nitrogens with one attached hydrogen (secondary N) is 1. The molecule has 1 heterocycles. The molecule has 1 aliphatic rings. The molecule has 2 aromatic rings. The van der Waals surface area contributed by atoms with Gasteiger partial charge < -0.3 is 10.7 Å². The number of rotatable bonds is 2. The summed E-state index contributed by atoms with van der Waals surface area (Å²) in [4.78, 5) is 14.8. The van der Waals surface area contributed by atoms with E-state index in [1.807, 2.05) is 6.07 Å². The van der Waals surface area contributed by atoms with Crippen LogP contribution in [0, 0.1) is 6.92 Å². The highest BCUT2D eigenvalue weighted by Crippen LogP contribution is 2.27. The number of nitrogen functional groups attached to an aromatic ring is 1. The Bertz CT molecular complexity index is 686. The van der Waals surface area contributed by atoms with E-state index >= 15 is 0 Å². The molecule has 1 aromatic heterocycles. The molecule has 1 aliphatic carbocycles. The zero-order valence-corrected chi connectivity index (χ0v) is 11.1. The fraction of sp³-hybridized carbons (Fsp3) is 0.312. The number of aromatic nitrogens is 1. The van der Waals surface area contributed by atoms with Crippen LogP contribution in [0.25, 0.3) is 0 Å². The molecule has 3 heteroatoms. The smallest absolute Gasteiger partial charge is 0.271 e. The first kappa shape index (κ1) is 12.0. The maximum absolute atomic E-state index is 11.9. The van der Waals surface area contributed by atoms with Crippen molar-refractivity contribution < 1.29 is 0 Å². The fourth-order valence-electron chi connectivity index (χ4n) is 2.95. The van der Waals surface area contributed by atoms with Crippen molar-refractivity contribution >= 4 is 5.69 Å². The molecule has 0 saturated carbocycles. The number of aromatic amines is 1. The van der Waals surface area contributed by atoms with Crippen LogP contribution in [-0.4, -0.2) is 4.98 Å². The van der Waals surface area contributed by atoms with Gasteiger partial charge in [0.25, 0.3) is 5.56 Å². The minimum Gasteiger partial charge on any atom is -0.394 e. The Balaban J connectivity index is 2.08. The minimum absolute atomic E-state index is 0.136. The highest BCUT2D eigenvalue weighted by molar-refractivity contribution is 5.54. The van der Waals surface area contributed by atoms with Crippen LogP contribution in [0.5, 0.6) is 0 Å². The number of nitrogens with two attached hydrogens (primary N) is 1. The number of benzene rings is 1. The number of H-pyrrole nitrogens is 1. The summed E-state index contributed by atoms with van der Waals surface area (Å²) in [5, 5.41) is 0. The number of anilines is 1. The van der Waals surface area contributed by atoms with Crippen LogP contribution in [0.4, 0.5) is 5.69 Å². The Hall–Kier alpha value is -2.03. The molecule has 3 rings (SSSR count). The highest BCUT2D eigenvalue weighted by Gasteiger charge is 2.19. The first-order chi connectivity index (χ1) is 9.15. The zero-order valence-electron chi connectivity index (χ0n) is 11.1. The van der Waals surface area contributed by atoms with Crippen molar-refractivity contribution in [3.05, 3.63) is 62.6 Å². The lowest BCUT2D eigenvalue weighted by Gasteiger charge is -2.11. The van der Waals surface area contributed by atoms with Gasteiger partial charge in [-0.3, -0.25) is 4.79 Å². The van der Waals surface area contributed by atoms with E-state index in [9.17, 15) is 4.79 Å². The largest absolute Gasteiger partial charge is 0.394 e. The van der Waals surface area contributed by atoms with Crippen molar-refractivity contribution in [2.24, 2.45) is 0 Å². The molecule has 0 aliphatic heterocycles. The van der Waals surface area contributed by atoms with Crippen molar-refractivity contribution in [1.82, 2.24) is 4.98 Å². The second-order valence-corrected chi connectivity index (χ2v) is 5.32. The molecule has 0 radical (unpaired) electrons. The first-order valence-corrected chi connectivity index (χ1v) is 6.73. The lowest BCUT2D eigenvalue weighted by Crippen LogP contribution is -2.18. The first-order valence-electron chi connectivity index (χ1n) is 6.73. The van der Waals surface area contributed by atoms with Crippen molar-refractivity contribution in [3.8, 4) is 0 Å². The second-order valence-electron chi connectivity index (χ2n) is 5.32. The molecule has 0 amide bonds. The summed E-state index contributed by atoms with van der Waals surface area (Å²) >= 11 is 0. The Morgan fingerprint density at radius 3 is 2.95 bits per heavy atom. The van der Waals surface area contributed by atoms with Crippen molar-refractivity contribution in [1.29, 1.82) is 0 Å². The monoisotopic (exact) mass is 254 g/mol. The van der Waals surface area contributed by atoms with Crippen LogP contribution in [0.2, 0.25) is 0 Å². The third-order valence-corrected chi connectivity index (χ3v) is 3.88. The van der Waals surface area contributed by atoms with Gasteiger partial charge in [-0.1, -0.05) is 29.8 Å².